The highest BCUT2D eigenvalue weighted by Gasteiger charge is 2.03. The molecule has 0 aliphatic rings. The van der Waals surface area contributed by atoms with Crippen molar-refractivity contribution < 1.29 is 9.53 Å². The number of carbonyl (C=O) groups is 1. The van der Waals surface area contributed by atoms with Crippen LogP contribution < -0.4 is 4.74 Å². The largest absolute Gasteiger partial charge is 0.490 e. The fraction of sp³-hybridized carbons (Fsp3) is 0.308. The molecule has 0 spiro atoms. The lowest BCUT2D eigenvalue weighted by Gasteiger charge is -2.11. The van der Waals surface area contributed by atoms with E-state index >= 15 is 0 Å². The van der Waals surface area contributed by atoms with Crippen molar-refractivity contribution in [1.82, 2.24) is 0 Å². The molecule has 0 bridgehead atoms. The van der Waals surface area contributed by atoms with Gasteiger partial charge in [0.15, 0.2) is 5.78 Å². The van der Waals surface area contributed by atoms with Crippen LogP contribution in [0.3, 0.4) is 0 Å². The quantitative estimate of drug-likeness (QED) is 0.785. The van der Waals surface area contributed by atoms with E-state index in [9.17, 15) is 4.79 Å². The molecule has 1 aromatic rings. The van der Waals surface area contributed by atoms with E-state index in [1.165, 1.54) is 6.92 Å². The molecule has 0 aromatic heterocycles. The van der Waals surface area contributed by atoms with Gasteiger partial charge in [-0.2, -0.15) is 0 Å². The van der Waals surface area contributed by atoms with Crippen LogP contribution in [-0.4, -0.2) is 11.9 Å². The maximum Gasteiger partial charge on any atom is 0.152 e. The van der Waals surface area contributed by atoms with Gasteiger partial charge in [-0.05, 0) is 60.5 Å². The average Bonchev–Trinajstić information content (AvgIpc) is 2.18. The minimum absolute atomic E-state index is 0.0404. The van der Waals surface area contributed by atoms with Crippen LogP contribution in [-0.2, 0) is 4.79 Å². The molecule has 0 atom stereocenters. The molecule has 0 aliphatic heterocycles. The smallest absolute Gasteiger partial charge is 0.152 e. The van der Waals surface area contributed by atoms with Gasteiger partial charge in [-0.1, -0.05) is 12.1 Å². The van der Waals surface area contributed by atoms with Crippen molar-refractivity contribution in [3.63, 3.8) is 0 Å². The molecule has 0 saturated heterocycles. The Balaban J connectivity index is 2.86. The molecule has 1 rings (SSSR count). The fourth-order valence-corrected chi connectivity index (χ4v) is 1.67. The first-order chi connectivity index (χ1) is 7.49. The number of carbonyl (C=O) groups excluding carboxylic acids is 1. The highest BCUT2D eigenvalue weighted by atomic mass is 79.9. The summed E-state index contributed by atoms with van der Waals surface area (Å²) < 4.78 is 6.48. The van der Waals surface area contributed by atoms with Gasteiger partial charge in [-0.15, -0.1) is 0 Å². The van der Waals surface area contributed by atoms with Crippen LogP contribution >= 0.6 is 15.9 Å². The van der Waals surface area contributed by atoms with Crippen LogP contribution in [0.15, 0.2) is 28.7 Å². The Morgan fingerprint density at radius 1 is 1.44 bits per heavy atom. The van der Waals surface area contributed by atoms with E-state index in [-0.39, 0.29) is 11.9 Å². The second-order valence-corrected chi connectivity index (χ2v) is 4.65. The molecular weight excluding hydrogens is 268 g/mol. The highest BCUT2D eigenvalue weighted by Crippen LogP contribution is 2.27. The summed E-state index contributed by atoms with van der Waals surface area (Å²) in [6.45, 7) is 5.49. The number of benzene rings is 1. The van der Waals surface area contributed by atoms with E-state index in [0.29, 0.717) is 0 Å². The molecule has 0 saturated carbocycles. The minimum atomic E-state index is 0.0404. The van der Waals surface area contributed by atoms with Crippen LogP contribution in [0.2, 0.25) is 0 Å². The monoisotopic (exact) mass is 282 g/mol. The van der Waals surface area contributed by atoms with Gasteiger partial charge in [-0.3, -0.25) is 4.79 Å². The van der Waals surface area contributed by atoms with Crippen molar-refractivity contribution in [3.8, 4) is 5.75 Å². The van der Waals surface area contributed by atoms with Crippen molar-refractivity contribution in [3.05, 3.63) is 34.3 Å². The predicted octanol–water partition coefficient (Wildman–Crippen LogP) is 3.84. The summed E-state index contributed by atoms with van der Waals surface area (Å²) in [6, 6.07) is 5.74. The van der Waals surface area contributed by atoms with Crippen molar-refractivity contribution in [2.45, 2.75) is 26.9 Å². The first-order valence-electron chi connectivity index (χ1n) is 5.14. The Labute approximate surface area is 104 Å². The lowest BCUT2D eigenvalue weighted by atomic mass is 10.2. The third-order valence-electron chi connectivity index (χ3n) is 1.83. The second-order valence-electron chi connectivity index (χ2n) is 3.80. The number of halogens is 1. The second kappa shape index (κ2) is 5.85. The molecule has 2 nitrogen and oxygen atoms in total. The van der Waals surface area contributed by atoms with E-state index in [4.69, 9.17) is 4.74 Å². The van der Waals surface area contributed by atoms with Crippen LogP contribution in [0.4, 0.5) is 0 Å². The molecule has 0 N–H and O–H groups in total. The average molecular weight is 283 g/mol. The summed E-state index contributed by atoms with van der Waals surface area (Å²) >= 11 is 3.44. The summed E-state index contributed by atoms with van der Waals surface area (Å²) in [7, 11) is 0. The van der Waals surface area contributed by atoms with E-state index < -0.39 is 0 Å². The molecule has 0 fully saturated rings. The zero-order chi connectivity index (χ0) is 12.1. The summed E-state index contributed by atoms with van der Waals surface area (Å²) in [5.74, 6) is 0.855. The van der Waals surface area contributed by atoms with E-state index in [0.717, 1.165) is 15.8 Å². The Kier molecular flexibility index (Phi) is 4.74. The molecule has 86 valence electrons. The summed E-state index contributed by atoms with van der Waals surface area (Å²) in [5.41, 5.74) is 0.971. The van der Waals surface area contributed by atoms with Crippen LogP contribution in [0.25, 0.3) is 6.08 Å². The Morgan fingerprint density at radius 2 is 2.12 bits per heavy atom. The molecule has 3 heteroatoms. The first-order valence-corrected chi connectivity index (χ1v) is 5.93. The van der Waals surface area contributed by atoms with Gasteiger partial charge in [0, 0.05) is 0 Å². The SMILES string of the molecule is CC(=O)/C=C/c1ccc(OC(C)C)c(Br)c1. The first kappa shape index (κ1) is 13.0. The summed E-state index contributed by atoms with van der Waals surface area (Å²) in [6.07, 6.45) is 3.48. The van der Waals surface area contributed by atoms with Gasteiger partial charge in [0.1, 0.15) is 5.75 Å². The molecule has 16 heavy (non-hydrogen) atoms. The lowest BCUT2D eigenvalue weighted by molar-refractivity contribution is -0.112. The summed E-state index contributed by atoms with van der Waals surface area (Å²) in [4.78, 5) is 10.8. The molecule has 0 aliphatic carbocycles. The maximum absolute atomic E-state index is 10.8. The van der Waals surface area contributed by atoms with Crippen molar-refractivity contribution in [2.75, 3.05) is 0 Å². The third kappa shape index (κ3) is 4.19. The molecule has 1 aromatic carbocycles. The van der Waals surface area contributed by atoms with Gasteiger partial charge in [0.05, 0.1) is 10.6 Å². The van der Waals surface area contributed by atoms with E-state index in [1.54, 1.807) is 12.2 Å². The number of ketones is 1. The van der Waals surface area contributed by atoms with Crippen molar-refractivity contribution >= 4 is 27.8 Å². The van der Waals surface area contributed by atoms with Gasteiger partial charge < -0.3 is 4.74 Å². The van der Waals surface area contributed by atoms with Gasteiger partial charge in [0.2, 0.25) is 0 Å². The molecule has 0 radical (unpaired) electrons. The number of ether oxygens (including phenoxy) is 1. The van der Waals surface area contributed by atoms with Crippen molar-refractivity contribution in [1.29, 1.82) is 0 Å². The zero-order valence-electron chi connectivity index (χ0n) is 9.66. The van der Waals surface area contributed by atoms with Crippen LogP contribution in [0, 0.1) is 0 Å². The highest BCUT2D eigenvalue weighted by molar-refractivity contribution is 9.10. The van der Waals surface area contributed by atoms with E-state index in [2.05, 4.69) is 15.9 Å². The van der Waals surface area contributed by atoms with Crippen molar-refractivity contribution in [2.24, 2.45) is 0 Å². The standard InChI is InChI=1S/C13H15BrO2/c1-9(2)16-13-7-6-11(8-12(13)14)5-4-10(3)15/h4-9H,1-3H3/b5-4+. The number of hydrogen-bond donors (Lipinski definition) is 0. The third-order valence-corrected chi connectivity index (χ3v) is 2.45. The molecule has 0 heterocycles. The molecule has 0 amide bonds. The van der Waals surface area contributed by atoms with Gasteiger partial charge in [-0.25, -0.2) is 0 Å². The number of hydrogen-bond acceptors (Lipinski definition) is 2. The van der Waals surface area contributed by atoms with Crippen LogP contribution in [0.1, 0.15) is 26.3 Å². The predicted molar refractivity (Wildman–Crippen MR) is 69.6 cm³/mol. The summed E-state index contributed by atoms with van der Waals surface area (Å²) in [5, 5.41) is 0. The topological polar surface area (TPSA) is 26.3 Å². The van der Waals surface area contributed by atoms with Gasteiger partial charge in [0.25, 0.3) is 0 Å². The van der Waals surface area contributed by atoms with E-state index in [1.807, 2.05) is 32.0 Å². The fourth-order valence-electron chi connectivity index (χ4n) is 1.18. The molecule has 0 unspecified atom stereocenters. The maximum atomic E-state index is 10.8. The van der Waals surface area contributed by atoms with Gasteiger partial charge >= 0.3 is 0 Å². The van der Waals surface area contributed by atoms with Crippen LogP contribution in [0.5, 0.6) is 5.75 Å². The molecular formula is C13H15BrO2. The Morgan fingerprint density at radius 3 is 2.62 bits per heavy atom. The Hall–Kier alpha value is -1.09. The number of allylic oxidation sites excluding steroid dienone is 1. The minimum Gasteiger partial charge on any atom is -0.490 e. The number of rotatable bonds is 4. The Bertz CT molecular complexity index is 408. The zero-order valence-corrected chi connectivity index (χ0v) is 11.2. The normalized spacial score (nSPS) is 11.1. The lowest BCUT2D eigenvalue weighted by Crippen LogP contribution is -2.05.